The summed E-state index contributed by atoms with van der Waals surface area (Å²) in [7, 11) is 1.40. The molecule has 0 amide bonds. The van der Waals surface area contributed by atoms with E-state index in [1.54, 1.807) is 0 Å². The van der Waals surface area contributed by atoms with Gasteiger partial charge >= 0.3 is 5.97 Å². The van der Waals surface area contributed by atoms with E-state index in [0.717, 1.165) is 15.4 Å². The van der Waals surface area contributed by atoms with Crippen molar-refractivity contribution in [3.05, 3.63) is 70.3 Å². The Labute approximate surface area is 131 Å². The highest BCUT2D eigenvalue weighted by Gasteiger charge is 2.15. The smallest absolute Gasteiger partial charge is 0.340 e. The van der Waals surface area contributed by atoms with Gasteiger partial charge in [-0.2, -0.15) is 0 Å². The average Bonchev–Trinajstić information content (AvgIpc) is 2.85. The number of halogens is 1. The van der Waals surface area contributed by atoms with Crippen LogP contribution in [0.15, 0.2) is 59.2 Å². The summed E-state index contributed by atoms with van der Waals surface area (Å²) in [6.45, 7) is 0.713. The van der Waals surface area contributed by atoms with E-state index >= 15 is 0 Å². The van der Waals surface area contributed by atoms with Gasteiger partial charge in [0.2, 0.25) is 0 Å². The number of hydrogen-bond donors (Lipinski definition) is 0. The van der Waals surface area contributed by atoms with Crippen LogP contribution in [0.4, 0.5) is 0 Å². The Morgan fingerprint density at radius 2 is 1.95 bits per heavy atom. The number of esters is 1. The maximum absolute atomic E-state index is 11.9. The molecular formula is C17H14BrNO2. The van der Waals surface area contributed by atoms with Crippen LogP contribution in [0.5, 0.6) is 0 Å². The zero-order valence-electron chi connectivity index (χ0n) is 11.5. The van der Waals surface area contributed by atoms with Crippen LogP contribution >= 0.6 is 15.9 Å². The summed E-state index contributed by atoms with van der Waals surface area (Å²) in [6.07, 6.45) is 1.86. The number of benzene rings is 2. The van der Waals surface area contributed by atoms with Crippen molar-refractivity contribution in [1.82, 2.24) is 4.57 Å². The van der Waals surface area contributed by atoms with E-state index in [2.05, 4.69) is 32.6 Å². The number of aromatic nitrogens is 1. The number of nitrogens with zero attached hydrogens (tertiary/aromatic N) is 1. The van der Waals surface area contributed by atoms with E-state index in [-0.39, 0.29) is 5.97 Å². The van der Waals surface area contributed by atoms with Gasteiger partial charge in [-0.1, -0.05) is 52.3 Å². The van der Waals surface area contributed by atoms with Gasteiger partial charge in [0.15, 0.2) is 0 Å². The normalized spacial score (nSPS) is 10.8. The largest absolute Gasteiger partial charge is 0.465 e. The second kappa shape index (κ2) is 5.74. The van der Waals surface area contributed by atoms with Crippen molar-refractivity contribution in [1.29, 1.82) is 0 Å². The molecule has 0 spiro atoms. The predicted molar refractivity (Wildman–Crippen MR) is 86.5 cm³/mol. The van der Waals surface area contributed by atoms with Crippen LogP contribution < -0.4 is 0 Å². The average molecular weight is 344 g/mol. The highest BCUT2D eigenvalue weighted by atomic mass is 79.9. The van der Waals surface area contributed by atoms with Gasteiger partial charge in [0.1, 0.15) is 0 Å². The molecule has 1 aromatic heterocycles. The lowest BCUT2D eigenvalue weighted by Crippen LogP contribution is -2.01. The third kappa shape index (κ3) is 2.72. The number of carbonyl (C=O) groups excluding carboxylic acids is 1. The molecule has 0 aliphatic carbocycles. The van der Waals surface area contributed by atoms with Gasteiger partial charge in [0.25, 0.3) is 0 Å². The van der Waals surface area contributed by atoms with Gasteiger partial charge in [-0.05, 0) is 17.7 Å². The van der Waals surface area contributed by atoms with Crippen LogP contribution in [0, 0.1) is 0 Å². The summed E-state index contributed by atoms with van der Waals surface area (Å²) in [4.78, 5) is 11.9. The molecule has 0 saturated carbocycles. The standard InChI is InChI=1S/C17H14BrNO2/c1-21-17(20)15-11-19(10-12-5-3-2-4-6-12)16-9-13(18)7-8-14(15)16/h2-9,11H,10H2,1H3. The van der Waals surface area contributed by atoms with Crippen molar-refractivity contribution < 1.29 is 9.53 Å². The first kappa shape index (κ1) is 13.9. The number of carbonyl (C=O) groups is 1. The minimum absolute atomic E-state index is 0.311. The van der Waals surface area contributed by atoms with Crippen molar-refractivity contribution in [2.75, 3.05) is 7.11 Å². The van der Waals surface area contributed by atoms with E-state index in [1.165, 1.54) is 12.7 Å². The summed E-state index contributed by atoms with van der Waals surface area (Å²) in [5.74, 6) is -0.311. The summed E-state index contributed by atoms with van der Waals surface area (Å²) in [6, 6.07) is 16.0. The predicted octanol–water partition coefficient (Wildman–Crippen LogP) is 4.24. The molecule has 106 valence electrons. The Bertz CT molecular complexity index is 793. The molecule has 0 aliphatic heterocycles. The first-order chi connectivity index (χ1) is 10.2. The van der Waals surface area contributed by atoms with Crippen molar-refractivity contribution in [2.45, 2.75) is 6.54 Å². The SMILES string of the molecule is COC(=O)c1cn(Cc2ccccc2)c2cc(Br)ccc12. The Hall–Kier alpha value is -2.07. The molecule has 21 heavy (non-hydrogen) atoms. The quantitative estimate of drug-likeness (QED) is 0.666. The van der Waals surface area contributed by atoms with Crippen LogP contribution in [-0.4, -0.2) is 17.6 Å². The number of hydrogen-bond acceptors (Lipinski definition) is 2. The highest BCUT2D eigenvalue weighted by Crippen LogP contribution is 2.26. The molecule has 0 unspecified atom stereocenters. The molecule has 0 N–H and O–H groups in total. The van der Waals surface area contributed by atoms with Gasteiger partial charge < -0.3 is 9.30 Å². The van der Waals surface area contributed by atoms with E-state index in [1.807, 2.05) is 42.6 Å². The number of methoxy groups -OCH3 is 1. The van der Waals surface area contributed by atoms with Crippen LogP contribution in [0.1, 0.15) is 15.9 Å². The third-order valence-electron chi connectivity index (χ3n) is 3.45. The van der Waals surface area contributed by atoms with Crippen LogP contribution in [0.2, 0.25) is 0 Å². The number of fused-ring (bicyclic) bond motifs is 1. The van der Waals surface area contributed by atoms with E-state index < -0.39 is 0 Å². The van der Waals surface area contributed by atoms with E-state index in [9.17, 15) is 4.79 Å². The van der Waals surface area contributed by atoms with Gasteiger partial charge in [-0.25, -0.2) is 4.79 Å². The van der Waals surface area contributed by atoms with Crippen molar-refractivity contribution in [2.24, 2.45) is 0 Å². The molecule has 0 fully saturated rings. The topological polar surface area (TPSA) is 31.2 Å². The summed E-state index contributed by atoms with van der Waals surface area (Å²) in [5.41, 5.74) is 2.79. The molecule has 1 heterocycles. The van der Waals surface area contributed by atoms with Gasteiger partial charge in [-0.3, -0.25) is 0 Å². The first-order valence-corrected chi connectivity index (χ1v) is 7.39. The highest BCUT2D eigenvalue weighted by molar-refractivity contribution is 9.10. The zero-order valence-corrected chi connectivity index (χ0v) is 13.1. The molecule has 0 radical (unpaired) electrons. The summed E-state index contributed by atoms with van der Waals surface area (Å²) in [5, 5.41) is 0.904. The Kier molecular flexibility index (Phi) is 3.80. The maximum atomic E-state index is 11.9. The fourth-order valence-corrected chi connectivity index (χ4v) is 2.80. The Morgan fingerprint density at radius 3 is 2.67 bits per heavy atom. The second-order valence-electron chi connectivity index (χ2n) is 4.81. The molecular weight excluding hydrogens is 330 g/mol. The Balaban J connectivity index is 2.13. The van der Waals surface area contributed by atoms with Crippen LogP contribution in [-0.2, 0) is 11.3 Å². The van der Waals surface area contributed by atoms with Crippen molar-refractivity contribution in [3.8, 4) is 0 Å². The van der Waals surface area contributed by atoms with E-state index in [0.29, 0.717) is 12.1 Å². The Morgan fingerprint density at radius 1 is 1.19 bits per heavy atom. The minimum atomic E-state index is -0.311. The first-order valence-electron chi connectivity index (χ1n) is 6.59. The lowest BCUT2D eigenvalue weighted by atomic mass is 10.2. The molecule has 3 rings (SSSR count). The van der Waals surface area contributed by atoms with Gasteiger partial charge in [-0.15, -0.1) is 0 Å². The molecule has 2 aromatic carbocycles. The number of rotatable bonds is 3. The fraction of sp³-hybridized carbons (Fsp3) is 0.118. The summed E-state index contributed by atoms with van der Waals surface area (Å²) >= 11 is 3.49. The van der Waals surface area contributed by atoms with Gasteiger partial charge in [0, 0.05) is 22.6 Å². The fourth-order valence-electron chi connectivity index (χ4n) is 2.45. The molecule has 0 bridgehead atoms. The minimum Gasteiger partial charge on any atom is -0.465 e. The molecule has 0 saturated heterocycles. The second-order valence-corrected chi connectivity index (χ2v) is 5.73. The monoisotopic (exact) mass is 343 g/mol. The summed E-state index contributed by atoms with van der Waals surface area (Å²) < 4.78 is 7.93. The molecule has 0 atom stereocenters. The zero-order chi connectivity index (χ0) is 14.8. The third-order valence-corrected chi connectivity index (χ3v) is 3.94. The van der Waals surface area contributed by atoms with Crippen molar-refractivity contribution in [3.63, 3.8) is 0 Å². The van der Waals surface area contributed by atoms with Crippen molar-refractivity contribution >= 4 is 32.8 Å². The van der Waals surface area contributed by atoms with Gasteiger partial charge in [0.05, 0.1) is 18.2 Å². The molecule has 3 aromatic rings. The molecule has 4 heteroatoms. The molecule has 3 nitrogen and oxygen atoms in total. The lowest BCUT2D eigenvalue weighted by molar-refractivity contribution is 0.0602. The maximum Gasteiger partial charge on any atom is 0.340 e. The van der Waals surface area contributed by atoms with E-state index in [4.69, 9.17) is 4.74 Å². The number of ether oxygens (including phenoxy) is 1. The lowest BCUT2D eigenvalue weighted by Gasteiger charge is -2.05. The van der Waals surface area contributed by atoms with Crippen LogP contribution in [0.25, 0.3) is 10.9 Å². The van der Waals surface area contributed by atoms with Crippen LogP contribution in [0.3, 0.4) is 0 Å². The molecule has 0 aliphatic rings.